The van der Waals surface area contributed by atoms with Crippen LogP contribution in [-0.2, 0) is 27.9 Å². The van der Waals surface area contributed by atoms with Crippen LogP contribution in [0.1, 0.15) is 32.3 Å². The molecule has 2 saturated heterocycles. The lowest BCUT2D eigenvalue weighted by Gasteiger charge is -2.47. The number of fused-ring (bicyclic) bond motifs is 1. The monoisotopic (exact) mass is 502 g/mol. The van der Waals surface area contributed by atoms with Gasteiger partial charge in [-0.3, -0.25) is 9.59 Å². The summed E-state index contributed by atoms with van der Waals surface area (Å²) < 4.78 is 1.99. The second-order valence-corrected chi connectivity index (χ2v) is 11.3. The van der Waals surface area contributed by atoms with E-state index < -0.39 is 18.0 Å². The van der Waals surface area contributed by atoms with Gasteiger partial charge in [0.25, 0.3) is 0 Å². The second kappa shape index (κ2) is 10.3. The third-order valence-electron chi connectivity index (χ3n) is 7.37. The van der Waals surface area contributed by atoms with Gasteiger partial charge in [-0.05, 0) is 31.7 Å². The van der Waals surface area contributed by atoms with Gasteiger partial charge in [0.15, 0.2) is 12.4 Å². The molecule has 35 heavy (non-hydrogen) atoms. The fourth-order valence-corrected chi connectivity index (χ4v) is 6.90. The lowest BCUT2D eigenvalue weighted by Crippen LogP contribution is -2.64. The zero-order chi connectivity index (χ0) is 25.4. The summed E-state index contributed by atoms with van der Waals surface area (Å²) >= 11 is 1.42. The number of carbonyl (C=O) groups is 3. The number of nitrogens with one attached hydrogen (secondary N) is 1. The molecular formula is C25H34N4O5S. The summed E-state index contributed by atoms with van der Waals surface area (Å²) in [4.78, 5) is 41.0. The number of amides is 2. The van der Waals surface area contributed by atoms with Gasteiger partial charge in [-0.25, -0.2) is 4.57 Å². The molecule has 1 aromatic rings. The topological polar surface area (TPSA) is 117 Å². The van der Waals surface area contributed by atoms with Crippen LogP contribution in [-0.4, -0.2) is 76.3 Å². The molecule has 10 heteroatoms. The van der Waals surface area contributed by atoms with E-state index in [4.69, 9.17) is 0 Å². The van der Waals surface area contributed by atoms with Crippen molar-refractivity contribution in [2.45, 2.75) is 56.5 Å². The summed E-state index contributed by atoms with van der Waals surface area (Å²) in [6, 6.07) is 3.49. The van der Waals surface area contributed by atoms with Crippen molar-refractivity contribution in [3.8, 4) is 0 Å². The Labute approximate surface area is 210 Å². The molecule has 0 spiro atoms. The number of aryl methyl sites for hydroxylation is 2. The van der Waals surface area contributed by atoms with Crippen LogP contribution in [0.5, 0.6) is 0 Å². The van der Waals surface area contributed by atoms with Gasteiger partial charge in [0, 0.05) is 48.3 Å². The van der Waals surface area contributed by atoms with E-state index in [0.717, 1.165) is 12.8 Å². The number of hydrogen-bond acceptors (Lipinski definition) is 7. The quantitative estimate of drug-likeness (QED) is 0.335. The number of nitrogens with zero attached hydrogens (tertiary/aromatic N) is 3. The fraction of sp³-hybridized carbons (Fsp3) is 0.600. The van der Waals surface area contributed by atoms with E-state index in [1.165, 1.54) is 22.2 Å². The molecule has 0 bridgehead atoms. The Morgan fingerprint density at radius 3 is 2.69 bits per heavy atom. The smallest absolute Gasteiger partial charge is 0.239 e. The van der Waals surface area contributed by atoms with E-state index in [-0.39, 0.29) is 40.8 Å². The Balaban J connectivity index is 1.32. The molecule has 2 fully saturated rings. The number of aliphatic hydroxyl groups excluding tert-OH is 1. The van der Waals surface area contributed by atoms with Gasteiger partial charge in [-0.2, -0.15) is 0 Å². The molecule has 0 aromatic carbocycles. The van der Waals surface area contributed by atoms with Crippen molar-refractivity contribution in [2.75, 3.05) is 20.1 Å². The Morgan fingerprint density at radius 1 is 1.37 bits per heavy atom. The second-order valence-electron chi connectivity index (χ2n) is 9.93. The van der Waals surface area contributed by atoms with Crippen LogP contribution in [0.3, 0.4) is 0 Å². The number of aliphatic hydroxyl groups is 1. The highest BCUT2D eigenvalue weighted by Crippen LogP contribution is 2.51. The molecule has 0 aliphatic carbocycles. The van der Waals surface area contributed by atoms with Crippen LogP contribution in [0.4, 0.5) is 0 Å². The van der Waals surface area contributed by atoms with Crippen molar-refractivity contribution in [1.82, 2.24) is 15.1 Å². The minimum Gasteiger partial charge on any atom is -0.543 e. The first-order chi connectivity index (χ1) is 16.6. The maximum atomic E-state index is 13.0. The Kier molecular flexibility index (Phi) is 7.54. The number of likely N-dealkylation sites (N-methyl/N-ethyl adjacent to an activating group) is 1. The van der Waals surface area contributed by atoms with E-state index in [0.29, 0.717) is 24.4 Å². The van der Waals surface area contributed by atoms with Gasteiger partial charge in [0.1, 0.15) is 7.05 Å². The summed E-state index contributed by atoms with van der Waals surface area (Å²) in [5.74, 6) is -2.50. The number of carbonyl (C=O) groups excluding carboxylic acids is 3. The minimum atomic E-state index is -1.37. The van der Waals surface area contributed by atoms with Gasteiger partial charge in [-0.1, -0.05) is 6.92 Å². The molecule has 1 aromatic heterocycles. The number of β-lactam (4-membered cyclic amide) rings is 1. The molecule has 4 rings (SSSR count). The molecule has 2 amide bonds. The molecular weight excluding hydrogens is 468 g/mol. The van der Waals surface area contributed by atoms with E-state index in [1.54, 1.807) is 11.8 Å². The number of pyridine rings is 1. The van der Waals surface area contributed by atoms with Crippen LogP contribution in [0, 0.1) is 11.8 Å². The molecule has 2 N–H and O–H groups in total. The van der Waals surface area contributed by atoms with Gasteiger partial charge < -0.3 is 30.1 Å². The Bertz CT molecular complexity index is 1030. The molecule has 190 valence electrons. The van der Waals surface area contributed by atoms with E-state index >= 15 is 0 Å². The first-order valence-electron chi connectivity index (χ1n) is 12.2. The number of carboxylic acid groups (broad SMARTS) is 1. The van der Waals surface area contributed by atoms with E-state index in [9.17, 15) is 24.6 Å². The molecule has 3 aliphatic rings. The van der Waals surface area contributed by atoms with Gasteiger partial charge in [0.2, 0.25) is 11.8 Å². The summed E-state index contributed by atoms with van der Waals surface area (Å²) in [7, 11) is 3.80. The predicted octanol–water partition coefficient (Wildman–Crippen LogP) is -0.815. The van der Waals surface area contributed by atoms with Crippen molar-refractivity contribution in [3.63, 3.8) is 0 Å². The molecule has 3 unspecified atom stereocenters. The summed E-state index contributed by atoms with van der Waals surface area (Å²) in [6.07, 6.45) is 5.54. The summed E-state index contributed by atoms with van der Waals surface area (Å²) in [5, 5.41) is 25.2. The fourth-order valence-electron chi connectivity index (χ4n) is 5.43. The molecule has 4 heterocycles. The standard InChI is InChI=1S/C25H34N4O5S/c1-14-20-19(15(2)30)24(32)29(20)21(25(33)34)22(14)35-17-12-18(26-13-17)23(31)28(4)9-5-6-16-7-10-27(3)11-8-16/h7-8,10-11,14-15,17-20,26,30H,5-6,9,12-13H2,1-4H3/t14-,15?,17?,18?,19+,20+/m0/s1. The third-order valence-corrected chi connectivity index (χ3v) is 8.88. The number of thioether (sulfide) groups is 1. The minimum absolute atomic E-state index is 0.00742. The van der Waals surface area contributed by atoms with Gasteiger partial charge in [-0.15, -0.1) is 11.8 Å². The largest absolute Gasteiger partial charge is 0.543 e. The highest BCUT2D eigenvalue weighted by molar-refractivity contribution is 8.03. The van der Waals surface area contributed by atoms with E-state index in [2.05, 4.69) is 17.4 Å². The van der Waals surface area contributed by atoms with Crippen LogP contribution in [0.15, 0.2) is 35.1 Å². The number of hydrogen-bond donors (Lipinski definition) is 2. The van der Waals surface area contributed by atoms with Gasteiger partial charge >= 0.3 is 0 Å². The molecule has 3 aliphatic heterocycles. The van der Waals surface area contributed by atoms with Crippen LogP contribution >= 0.6 is 11.8 Å². The Morgan fingerprint density at radius 2 is 2.06 bits per heavy atom. The van der Waals surface area contributed by atoms with Crippen molar-refractivity contribution in [3.05, 3.63) is 40.7 Å². The first kappa shape index (κ1) is 25.7. The summed E-state index contributed by atoms with van der Waals surface area (Å²) in [6.45, 7) is 4.68. The lowest BCUT2D eigenvalue weighted by atomic mass is 9.79. The predicted molar refractivity (Wildman–Crippen MR) is 128 cm³/mol. The maximum absolute atomic E-state index is 13.0. The third kappa shape index (κ3) is 4.96. The normalized spacial score (nSPS) is 28.7. The van der Waals surface area contributed by atoms with Crippen LogP contribution in [0.25, 0.3) is 0 Å². The summed E-state index contributed by atoms with van der Waals surface area (Å²) in [5.41, 5.74) is 1.17. The average Bonchev–Trinajstić information content (AvgIpc) is 3.36. The van der Waals surface area contributed by atoms with Crippen molar-refractivity contribution >= 4 is 29.5 Å². The van der Waals surface area contributed by atoms with Crippen molar-refractivity contribution < 1.29 is 29.2 Å². The van der Waals surface area contributed by atoms with Crippen LogP contribution in [0.2, 0.25) is 0 Å². The van der Waals surface area contributed by atoms with Crippen LogP contribution < -0.4 is 15.0 Å². The number of rotatable bonds is 9. The molecule has 9 nitrogen and oxygen atoms in total. The van der Waals surface area contributed by atoms with E-state index in [1.807, 2.05) is 38.0 Å². The molecule has 0 saturated carbocycles. The number of carboxylic acids is 1. The SMILES string of the molecule is CC(O)[C@H]1C(=O)N2C(C(=O)[O-])=C(SC3CNC(C(=O)N(C)CCCc4cc[n+](C)cc4)C3)[C@@H](C)[C@H]12. The van der Waals surface area contributed by atoms with Crippen molar-refractivity contribution in [2.24, 2.45) is 18.9 Å². The highest BCUT2D eigenvalue weighted by Gasteiger charge is 2.59. The lowest BCUT2D eigenvalue weighted by molar-refractivity contribution is -0.671. The molecule has 0 radical (unpaired) electrons. The first-order valence-corrected chi connectivity index (χ1v) is 13.0. The average molecular weight is 503 g/mol. The molecule has 6 atom stereocenters. The number of aliphatic carboxylic acids is 1. The Hall–Kier alpha value is -2.43. The van der Waals surface area contributed by atoms with Crippen molar-refractivity contribution in [1.29, 1.82) is 0 Å². The zero-order valence-electron chi connectivity index (χ0n) is 20.6. The zero-order valence-corrected chi connectivity index (χ0v) is 21.5. The van der Waals surface area contributed by atoms with Gasteiger partial charge in [0.05, 0.1) is 35.8 Å². The number of aromatic nitrogens is 1. The highest BCUT2D eigenvalue weighted by atomic mass is 32.2. The maximum Gasteiger partial charge on any atom is 0.239 e.